The minimum absolute atomic E-state index is 0.110. The van der Waals surface area contributed by atoms with Crippen LogP contribution >= 0.6 is 23.2 Å². The van der Waals surface area contributed by atoms with Gasteiger partial charge in [0.2, 0.25) is 0 Å². The Kier molecular flexibility index (Phi) is 5.47. The van der Waals surface area contributed by atoms with Crippen molar-refractivity contribution in [3.8, 4) is 5.75 Å². The van der Waals surface area contributed by atoms with E-state index in [4.69, 9.17) is 33.7 Å². The maximum absolute atomic E-state index is 11.9. The molecule has 0 fully saturated rings. The third-order valence-electron chi connectivity index (χ3n) is 2.96. The molecule has 0 heterocycles. The summed E-state index contributed by atoms with van der Waals surface area (Å²) in [5, 5.41) is 3.41. The van der Waals surface area contributed by atoms with Crippen molar-refractivity contribution in [1.29, 1.82) is 0 Å². The Morgan fingerprint density at radius 2 is 1.91 bits per heavy atom. The summed E-state index contributed by atoms with van der Waals surface area (Å²) in [7, 11) is 0. The van der Waals surface area contributed by atoms with Gasteiger partial charge in [-0.2, -0.15) is 0 Å². The predicted octanol–water partition coefficient (Wildman–Crippen LogP) is 3.42. The first kappa shape index (κ1) is 17.1. The van der Waals surface area contributed by atoms with Gasteiger partial charge >= 0.3 is 0 Å². The first-order chi connectivity index (χ1) is 10.9. The second-order valence-electron chi connectivity index (χ2n) is 4.82. The van der Waals surface area contributed by atoms with Gasteiger partial charge in [-0.25, -0.2) is 0 Å². The van der Waals surface area contributed by atoms with Crippen molar-refractivity contribution >= 4 is 40.7 Å². The Morgan fingerprint density at radius 1 is 1.17 bits per heavy atom. The largest absolute Gasteiger partial charge is 0.483 e. The minimum atomic E-state index is -0.690. The maximum Gasteiger partial charge on any atom is 0.262 e. The molecule has 2 amide bonds. The molecule has 0 unspecified atom stereocenters. The van der Waals surface area contributed by atoms with Gasteiger partial charge in [-0.05, 0) is 42.8 Å². The summed E-state index contributed by atoms with van der Waals surface area (Å²) < 4.78 is 5.34. The van der Waals surface area contributed by atoms with Crippen LogP contribution in [-0.4, -0.2) is 18.4 Å². The van der Waals surface area contributed by atoms with Crippen molar-refractivity contribution in [1.82, 2.24) is 0 Å². The number of nitrogens with one attached hydrogen (secondary N) is 1. The van der Waals surface area contributed by atoms with E-state index in [1.54, 1.807) is 12.1 Å². The number of carbonyl (C=O) groups excluding carboxylic acids is 2. The van der Waals surface area contributed by atoms with Gasteiger partial charge in [-0.15, -0.1) is 0 Å². The van der Waals surface area contributed by atoms with E-state index in [0.29, 0.717) is 15.7 Å². The lowest BCUT2D eigenvalue weighted by molar-refractivity contribution is -0.118. The number of halogens is 2. The molecule has 2 aromatic rings. The molecule has 0 aliphatic rings. The molecule has 0 aliphatic carbocycles. The van der Waals surface area contributed by atoms with Gasteiger partial charge in [0.05, 0.1) is 16.3 Å². The van der Waals surface area contributed by atoms with Crippen molar-refractivity contribution in [3.05, 3.63) is 57.6 Å². The van der Waals surface area contributed by atoms with E-state index in [0.717, 1.165) is 5.56 Å². The Bertz CT molecular complexity index is 763. The zero-order valence-corrected chi connectivity index (χ0v) is 13.7. The Labute approximate surface area is 143 Å². The summed E-state index contributed by atoms with van der Waals surface area (Å²) in [6, 6.07) is 9.67. The molecule has 0 aliphatic heterocycles. The van der Waals surface area contributed by atoms with E-state index in [9.17, 15) is 9.59 Å². The lowest BCUT2D eigenvalue weighted by atomic mass is 10.2. The fourth-order valence-corrected chi connectivity index (χ4v) is 2.33. The number of nitrogens with two attached hydrogens (primary N) is 1. The highest BCUT2D eigenvalue weighted by atomic mass is 35.5. The molecule has 0 saturated heterocycles. The number of anilines is 1. The molecular formula is C16H14Cl2N2O3. The minimum Gasteiger partial charge on any atom is -0.483 e. The van der Waals surface area contributed by atoms with E-state index < -0.39 is 11.8 Å². The number of hydrogen-bond acceptors (Lipinski definition) is 3. The van der Waals surface area contributed by atoms with Crippen molar-refractivity contribution in [2.24, 2.45) is 5.73 Å². The lowest BCUT2D eigenvalue weighted by Gasteiger charge is -2.11. The molecule has 7 heteroatoms. The summed E-state index contributed by atoms with van der Waals surface area (Å²) in [5.74, 6) is -0.919. The van der Waals surface area contributed by atoms with Crippen LogP contribution < -0.4 is 15.8 Å². The van der Waals surface area contributed by atoms with Gasteiger partial charge in [0.15, 0.2) is 6.61 Å². The first-order valence-electron chi connectivity index (χ1n) is 6.65. The molecule has 5 nitrogen and oxygen atoms in total. The van der Waals surface area contributed by atoms with Crippen LogP contribution in [0.4, 0.5) is 5.69 Å². The Morgan fingerprint density at radius 3 is 2.57 bits per heavy atom. The van der Waals surface area contributed by atoms with Crippen LogP contribution in [0.1, 0.15) is 15.9 Å². The second kappa shape index (κ2) is 7.35. The van der Waals surface area contributed by atoms with Crippen LogP contribution in [0, 0.1) is 6.92 Å². The van der Waals surface area contributed by atoms with E-state index in [-0.39, 0.29) is 17.9 Å². The number of hydrogen-bond donors (Lipinski definition) is 2. The van der Waals surface area contributed by atoms with Crippen LogP contribution in [0.15, 0.2) is 36.4 Å². The number of amides is 2. The van der Waals surface area contributed by atoms with E-state index in [1.807, 2.05) is 13.0 Å². The molecule has 120 valence electrons. The number of carbonyl (C=O) groups is 2. The molecule has 0 atom stereocenters. The SMILES string of the molecule is Cc1ccc(NC(=O)COc2ccc(Cl)cc2C(N)=O)c(Cl)c1. The lowest BCUT2D eigenvalue weighted by Crippen LogP contribution is -2.22. The molecule has 3 N–H and O–H groups in total. The summed E-state index contributed by atoms with van der Waals surface area (Å²) >= 11 is 11.8. The fourth-order valence-electron chi connectivity index (χ4n) is 1.87. The zero-order valence-electron chi connectivity index (χ0n) is 12.2. The predicted molar refractivity (Wildman–Crippen MR) is 90.3 cm³/mol. The third kappa shape index (κ3) is 4.61. The first-order valence-corrected chi connectivity index (χ1v) is 7.40. The number of primary amides is 1. The Hall–Kier alpha value is -2.24. The molecule has 0 aromatic heterocycles. The van der Waals surface area contributed by atoms with Crippen molar-refractivity contribution in [3.63, 3.8) is 0 Å². The highest BCUT2D eigenvalue weighted by Gasteiger charge is 2.12. The van der Waals surface area contributed by atoms with Gasteiger partial charge in [0.1, 0.15) is 5.75 Å². The van der Waals surface area contributed by atoms with Crippen LogP contribution in [0.5, 0.6) is 5.75 Å². The average molecular weight is 353 g/mol. The van der Waals surface area contributed by atoms with Crippen molar-refractivity contribution in [2.75, 3.05) is 11.9 Å². The number of aryl methyl sites for hydroxylation is 1. The van der Waals surface area contributed by atoms with Crippen LogP contribution in [0.25, 0.3) is 0 Å². The monoisotopic (exact) mass is 352 g/mol. The van der Waals surface area contributed by atoms with Crippen LogP contribution in [0.3, 0.4) is 0 Å². The molecule has 23 heavy (non-hydrogen) atoms. The van der Waals surface area contributed by atoms with Crippen LogP contribution in [0.2, 0.25) is 10.0 Å². The second-order valence-corrected chi connectivity index (χ2v) is 5.67. The number of benzene rings is 2. The van der Waals surface area contributed by atoms with E-state index >= 15 is 0 Å². The zero-order chi connectivity index (χ0) is 17.0. The van der Waals surface area contributed by atoms with E-state index in [2.05, 4.69) is 5.32 Å². The molecular weight excluding hydrogens is 339 g/mol. The normalized spacial score (nSPS) is 10.2. The van der Waals surface area contributed by atoms with Crippen molar-refractivity contribution in [2.45, 2.75) is 6.92 Å². The number of rotatable bonds is 5. The summed E-state index contributed by atoms with van der Waals surface area (Å²) in [6.45, 7) is 1.60. The summed E-state index contributed by atoms with van der Waals surface area (Å²) in [6.07, 6.45) is 0. The van der Waals surface area contributed by atoms with Crippen LogP contribution in [-0.2, 0) is 4.79 Å². The molecule has 0 spiro atoms. The van der Waals surface area contributed by atoms with Crippen molar-refractivity contribution < 1.29 is 14.3 Å². The summed E-state index contributed by atoms with van der Waals surface area (Å²) in [5.41, 5.74) is 6.83. The molecule has 0 bridgehead atoms. The molecule has 2 rings (SSSR count). The fraction of sp³-hybridized carbons (Fsp3) is 0.125. The number of ether oxygens (including phenoxy) is 1. The van der Waals surface area contributed by atoms with E-state index in [1.165, 1.54) is 18.2 Å². The standard InChI is InChI=1S/C16H14Cl2N2O3/c1-9-2-4-13(12(18)6-9)20-15(21)8-23-14-5-3-10(17)7-11(14)16(19)22/h2-7H,8H2,1H3,(H2,19,22)(H,20,21). The Balaban J connectivity index is 2.03. The maximum atomic E-state index is 11.9. The molecule has 2 aromatic carbocycles. The van der Waals surface area contributed by atoms with Gasteiger partial charge in [-0.3, -0.25) is 9.59 Å². The average Bonchev–Trinajstić information content (AvgIpc) is 2.48. The van der Waals surface area contributed by atoms with Gasteiger partial charge in [-0.1, -0.05) is 29.3 Å². The highest BCUT2D eigenvalue weighted by molar-refractivity contribution is 6.33. The quantitative estimate of drug-likeness (QED) is 0.864. The smallest absolute Gasteiger partial charge is 0.262 e. The third-order valence-corrected chi connectivity index (χ3v) is 3.51. The summed E-state index contributed by atoms with van der Waals surface area (Å²) in [4.78, 5) is 23.3. The highest BCUT2D eigenvalue weighted by Crippen LogP contribution is 2.24. The van der Waals surface area contributed by atoms with Gasteiger partial charge < -0.3 is 15.8 Å². The van der Waals surface area contributed by atoms with Gasteiger partial charge in [0.25, 0.3) is 11.8 Å². The molecule has 0 radical (unpaired) electrons. The topological polar surface area (TPSA) is 81.4 Å². The molecule has 0 saturated carbocycles. The van der Waals surface area contributed by atoms with Gasteiger partial charge in [0, 0.05) is 5.02 Å².